The number of carbonyl (C=O) groups is 1. The van der Waals surface area contributed by atoms with Gasteiger partial charge in [0.15, 0.2) is 21.5 Å². The monoisotopic (exact) mass is 2010 g/mol. The lowest BCUT2D eigenvalue weighted by atomic mass is 9.65. The maximum atomic E-state index is 12.9. The van der Waals surface area contributed by atoms with Crippen LogP contribution in [0.1, 0.15) is 378 Å². The maximum absolute atomic E-state index is 12.9. The van der Waals surface area contributed by atoms with Crippen molar-refractivity contribution in [2.24, 2.45) is 100 Å². The van der Waals surface area contributed by atoms with Crippen molar-refractivity contribution in [3.8, 4) is 40.4 Å². The van der Waals surface area contributed by atoms with Gasteiger partial charge < -0.3 is 15.4 Å². The molecule has 4 aliphatic heterocycles. The van der Waals surface area contributed by atoms with Crippen molar-refractivity contribution in [1.29, 1.82) is 0 Å². The summed E-state index contributed by atoms with van der Waals surface area (Å²) >= 11 is 2.13. The lowest BCUT2D eigenvalue weighted by Crippen LogP contribution is -2.36. The van der Waals surface area contributed by atoms with Crippen LogP contribution in [-0.2, 0) is 39.4 Å². The molecule has 5 aromatic carbocycles. The SMILES string of the molecule is C.C.C.C=C1NC2CSC(CCCCC(C)(C)C)C2N1.CC(=O)C1C2CCC(C2)C1C(C)(C)C.CC(C)(C)CC1[C@H]2CCC#CCC[C@@H]12.CC(C)(C)CCC1(C)C=N1.CC(C)(C)CCOc1ccc(-c2nccnn2)cc1.CC(C)(C)CCc1ccc(C2(C(F)(F)F)C=N2)cc1.CC(C)(C)Cc1ccc(-c2nccnn2)cc1.Cc1ccc(CCC(C)(C)C)c(C)c1.Cc1ccc(S(=O)(=O)CCC(C)(C)C)cc1. The standard InChI is InChI=1S/C15H18F3N.C15H19N3O.C14H17N3.C14H26N2S.2C14H22.C13H20O2S.C13H22O.C9H17N.3CH4/c1-13(2,3)9-8-11-4-6-12(7-5-11)14(10-19-14)15(16,17)18;1-15(2,3)8-11-19-13-6-4-12(5-7-13)14-16-9-10-17-18-14;1-14(2,3)10-11-4-6-12(7-5-11)13-15-8-9-16-17-13;1-10-15-11-9-17-12(13(11)16-10)7-5-6-8-14(2,3)4;1-14(2,3)10-13-11-8-6-4-5-7-9-12(11)13;1-11-6-7-13(12(2)10-11)8-9-14(3,4)5;1-11-5-7-12(8-6-11)16(14,15)10-9-13(2,3)4;1-8(14)11-9-5-6-10(7-9)12(11)13(2,3)4;1-8(2,3)5-6-9(4)7-10-9;;;/h4-7,10H,8-9H2,1-3H3;4-7,9-10H,8,11H2,1-3H3;4-9H,10H2,1-3H3;11-13,15-16H,1,5-9H2,2-4H3;11-13H,6-10H2,1-3H3;6-7,10H,8-9H2,1-5H3;5-8H,9-10H2,1-4H3;9-12H,5-7H2,1-4H3;7H,5-6H2,1-4H3;3*1H4/t;;;;11-,12+,13?;;;;;;;. The van der Waals surface area contributed by atoms with Gasteiger partial charge in [-0.15, -0.1) is 22.0 Å². The Balaban J connectivity index is 0.000000336. The van der Waals surface area contributed by atoms with Crippen molar-refractivity contribution < 1.29 is 31.1 Å². The molecule has 0 amide bonds. The van der Waals surface area contributed by atoms with Gasteiger partial charge in [-0.25, -0.2) is 18.4 Å². The minimum Gasteiger partial charge on any atom is -0.494 e. The molecule has 2 saturated heterocycles. The van der Waals surface area contributed by atoms with Crippen molar-refractivity contribution in [3.05, 3.63) is 191 Å². The van der Waals surface area contributed by atoms with E-state index in [1.165, 1.54) is 118 Å². The predicted molar refractivity (Wildman–Crippen MR) is 606 cm³/mol. The number of aliphatic imine (C=N–C) groups is 2. The number of hydrogen-bond donors (Lipinski definition) is 2. The Bertz CT molecular complexity index is 5140. The van der Waals surface area contributed by atoms with Crippen LogP contribution in [0.15, 0.2) is 167 Å². The topological polar surface area (TPSA) is 187 Å². The summed E-state index contributed by atoms with van der Waals surface area (Å²) in [5.74, 6) is 17.3. The Morgan fingerprint density at radius 1 is 0.538 bits per heavy atom. The van der Waals surface area contributed by atoms with Crippen molar-refractivity contribution in [2.45, 2.75) is 418 Å². The lowest BCUT2D eigenvalue weighted by molar-refractivity contribution is -0.156. The summed E-state index contributed by atoms with van der Waals surface area (Å²) in [7, 11) is -3.11. The van der Waals surface area contributed by atoms with Crippen LogP contribution in [0.5, 0.6) is 5.75 Å². The van der Waals surface area contributed by atoms with E-state index in [2.05, 4.69) is 338 Å². The maximum Gasteiger partial charge on any atom is 0.422 e. The molecule has 6 heterocycles. The van der Waals surface area contributed by atoms with Crippen molar-refractivity contribution in [2.75, 3.05) is 18.1 Å². The zero-order valence-electron chi connectivity index (χ0n) is 92.5. The highest BCUT2D eigenvalue weighted by Gasteiger charge is 2.62. The minimum atomic E-state index is -4.33. The van der Waals surface area contributed by atoms with Gasteiger partial charge in [-0.3, -0.25) is 14.8 Å². The van der Waals surface area contributed by atoms with E-state index in [4.69, 9.17) is 4.74 Å². The second-order valence-electron chi connectivity index (χ2n) is 52.1. The first-order valence-electron chi connectivity index (χ1n) is 52.2. The van der Waals surface area contributed by atoms with E-state index >= 15 is 0 Å². The molecule has 14 nitrogen and oxygen atoms in total. The number of ketones is 1. The first-order chi connectivity index (χ1) is 64.7. The number of aromatic nitrogens is 6. The molecule has 15 rings (SSSR count). The molecule has 19 heteroatoms. The van der Waals surface area contributed by atoms with Crippen LogP contribution in [0.2, 0.25) is 0 Å². The van der Waals surface area contributed by atoms with Gasteiger partial charge in [0.25, 0.3) is 0 Å². The number of ether oxygens (including phenoxy) is 1. The highest BCUT2D eigenvalue weighted by molar-refractivity contribution is 8.00. The molecule has 3 saturated carbocycles. The number of halogens is 3. The number of fused-ring (bicyclic) bond motifs is 4. The van der Waals surface area contributed by atoms with Crippen LogP contribution in [0.3, 0.4) is 0 Å². The van der Waals surface area contributed by atoms with Gasteiger partial charge in [0, 0.05) is 65.7 Å². The highest BCUT2D eigenvalue weighted by atomic mass is 32.2. The van der Waals surface area contributed by atoms with Crippen LogP contribution in [0.25, 0.3) is 22.8 Å². The molecule has 2 N–H and O–H groups in total. The Kier molecular flexibility index (Phi) is 48.7. The predicted octanol–water partition coefficient (Wildman–Crippen LogP) is 33.3. The van der Waals surface area contributed by atoms with Crippen molar-refractivity contribution in [3.63, 3.8) is 0 Å². The average Bonchev–Trinajstić information content (AvgIpc) is 1.58. The summed E-state index contributed by atoms with van der Waals surface area (Å²) in [4.78, 5) is 28.1. The van der Waals surface area contributed by atoms with E-state index < -0.39 is 21.6 Å². The van der Waals surface area contributed by atoms with Gasteiger partial charge in [0.05, 0.1) is 53.1 Å². The van der Waals surface area contributed by atoms with E-state index in [1.54, 1.807) is 68.1 Å². The zero-order chi connectivity index (χ0) is 104. The van der Waals surface area contributed by atoms with Crippen LogP contribution in [0, 0.1) is 123 Å². The number of sulfone groups is 1. The third-order valence-electron chi connectivity index (χ3n) is 27.4. The molecule has 10 unspecified atom stereocenters. The summed E-state index contributed by atoms with van der Waals surface area (Å²) in [5.41, 5.74) is 11.3. The number of Topliss-reactive ketones (excluding diaryl/α,β-unsaturated/α-hetero) is 1. The number of carbonyl (C=O) groups excluding carboxylic acids is 1. The molecule has 8 aliphatic rings. The molecule has 0 spiro atoms. The second kappa shape index (κ2) is 54.7. The third kappa shape index (κ3) is 47.3. The van der Waals surface area contributed by atoms with Gasteiger partial charge in [-0.2, -0.15) is 35.1 Å². The number of unbranched alkanes of at least 4 members (excludes halogenated alkanes) is 1. The Morgan fingerprint density at radius 2 is 1.03 bits per heavy atom. The summed E-state index contributed by atoms with van der Waals surface area (Å²) in [6.45, 7) is 75.7. The van der Waals surface area contributed by atoms with E-state index in [1.807, 2.05) is 43.3 Å². The molecule has 798 valence electrons. The number of nitrogens with one attached hydrogen (secondary N) is 2. The Labute approximate surface area is 874 Å². The fourth-order valence-electron chi connectivity index (χ4n) is 19.0. The third-order valence-corrected chi connectivity index (χ3v) is 30.6. The molecule has 2 aromatic heterocycles. The normalized spacial score (nSPS) is 22.0. The van der Waals surface area contributed by atoms with Crippen LogP contribution < -0.4 is 15.4 Å². The van der Waals surface area contributed by atoms with Crippen molar-refractivity contribution in [1.82, 2.24) is 41.0 Å². The molecule has 12 atom stereocenters. The number of hydrogen-bond acceptors (Lipinski definition) is 15. The Morgan fingerprint density at radius 3 is 1.47 bits per heavy atom. The fraction of sp³-hybridized carbons (Fsp3) is 0.653. The van der Waals surface area contributed by atoms with Crippen LogP contribution in [-0.4, -0.2) is 104 Å². The van der Waals surface area contributed by atoms with Gasteiger partial charge >= 0.3 is 6.18 Å². The molecule has 4 aliphatic carbocycles. The van der Waals surface area contributed by atoms with Gasteiger partial charge in [-0.1, -0.05) is 319 Å². The second-order valence-corrected chi connectivity index (χ2v) is 55.4. The summed E-state index contributed by atoms with van der Waals surface area (Å²) in [5, 5.41) is 23.3. The minimum absolute atomic E-state index is 0. The van der Waals surface area contributed by atoms with Crippen LogP contribution >= 0.6 is 11.8 Å². The quantitative estimate of drug-likeness (QED) is 0.0483. The molecular weight excluding hydrogens is 1810 g/mol. The van der Waals surface area contributed by atoms with E-state index in [-0.39, 0.29) is 50.0 Å². The van der Waals surface area contributed by atoms with Gasteiger partial charge in [-0.05, 0) is 292 Å². The number of aryl methyl sites for hydroxylation is 5. The summed E-state index contributed by atoms with van der Waals surface area (Å²) in [6.07, 6.45) is 30.7. The fourth-order valence-corrected chi connectivity index (χ4v) is 22.2. The lowest BCUT2D eigenvalue weighted by Gasteiger charge is -2.39. The van der Waals surface area contributed by atoms with Crippen LogP contribution in [0.4, 0.5) is 13.2 Å². The summed E-state index contributed by atoms with van der Waals surface area (Å²) < 4.78 is 68.3. The molecule has 143 heavy (non-hydrogen) atoms. The van der Waals surface area contributed by atoms with E-state index in [0.29, 0.717) is 90.6 Å². The molecule has 0 radical (unpaired) electrons. The molecular formula is C124H195F3N10O4S2. The number of alkyl halides is 3. The number of nitrogens with zero attached hydrogens (tertiary/aromatic N) is 8. The first-order valence-corrected chi connectivity index (χ1v) is 54.9. The number of rotatable bonds is 22. The summed E-state index contributed by atoms with van der Waals surface area (Å²) in [6, 6.07) is 37.8. The van der Waals surface area contributed by atoms with E-state index in [9.17, 15) is 26.4 Å². The Hall–Kier alpha value is -8.08. The smallest absolute Gasteiger partial charge is 0.422 e. The van der Waals surface area contributed by atoms with E-state index in [0.717, 1.165) is 120 Å². The molecule has 7 aromatic rings. The average molecular weight is 2010 g/mol. The van der Waals surface area contributed by atoms with Gasteiger partial charge in [0.2, 0.25) is 5.54 Å². The van der Waals surface area contributed by atoms with Gasteiger partial charge in [0.1, 0.15) is 11.5 Å². The number of benzene rings is 5. The molecule has 2 bridgehead atoms. The highest BCUT2D eigenvalue weighted by Crippen LogP contribution is 2.59. The number of thioether (sulfide) groups is 1. The largest absolute Gasteiger partial charge is 0.494 e. The van der Waals surface area contributed by atoms with Crippen molar-refractivity contribution >= 4 is 39.8 Å². The molecule has 5 fully saturated rings. The zero-order valence-corrected chi connectivity index (χ0v) is 94.2. The first kappa shape index (κ1) is 127.